The summed E-state index contributed by atoms with van der Waals surface area (Å²) in [4.78, 5) is 10.2. The Hall–Kier alpha value is -0.830. The minimum absolute atomic E-state index is 0.228. The highest BCUT2D eigenvalue weighted by Crippen LogP contribution is 2.35. The van der Waals surface area contributed by atoms with Crippen molar-refractivity contribution in [2.24, 2.45) is 5.41 Å². The molecule has 1 aliphatic rings. The summed E-state index contributed by atoms with van der Waals surface area (Å²) in [6.07, 6.45) is 4.79. The minimum atomic E-state index is -0.874. The van der Waals surface area contributed by atoms with Crippen LogP contribution in [0.2, 0.25) is 0 Å². The number of carbonyl (C=O) groups is 1. The fourth-order valence-electron chi connectivity index (χ4n) is 1.27. The van der Waals surface area contributed by atoms with Gasteiger partial charge in [0.25, 0.3) is 0 Å². The summed E-state index contributed by atoms with van der Waals surface area (Å²) < 4.78 is 5.11. The largest absolute Gasteiger partial charge is 0.478 e. The lowest BCUT2D eigenvalue weighted by Crippen LogP contribution is -2.41. The van der Waals surface area contributed by atoms with E-state index in [0.717, 1.165) is 26.1 Å². The van der Waals surface area contributed by atoms with Crippen molar-refractivity contribution in [3.63, 3.8) is 0 Å². The highest BCUT2D eigenvalue weighted by molar-refractivity contribution is 5.79. The molecule has 0 saturated carbocycles. The van der Waals surface area contributed by atoms with Crippen molar-refractivity contribution >= 4 is 5.97 Å². The van der Waals surface area contributed by atoms with Crippen LogP contribution in [0.3, 0.4) is 0 Å². The van der Waals surface area contributed by atoms with Crippen molar-refractivity contribution < 1.29 is 14.6 Å². The molecule has 1 N–H and O–H groups in total. The molecule has 3 heteroatoms. The van der Waals surface area contributed by atoms with Crippen LogP contribution in [0.5, 0.6) is 0 Å². The smallest absolute Gasteiger partial charge is 0.327 e. The first kappa shape index (κ1) is 9.26. The molecule has 68 valence electrons. The van der Waals surface area contributed by atoms with Crippen LogP contribution in [-0.4, -0.2) is 24.3 Å². The van der Waals surface area contributed by atoms with Crippen LogP contribution < -0.4 is 0 Å². The van der Waals surface area contributed by atoms with Gasteiger partial charge in [-0.15, -0.1) is 0 Å². The molecule has 0 unspecified atom stereocenters. The number of carboxylic acid groups (broad SMARTS) is 1. The maximum atomic E-state index is 10.2. The normalized spacial score (nSPS) is 20.8. The fraction of sp³-hybridized carbons (Fsp3) is 0.667. The molecule has 3 nitrogen and oxygen atoms in total. The molecule has 1 fully saturated rings. The Kier molecular flexibility index (Phi) is 2.87. The average Bonchev–Trinajstić information content (AvgIpc) is 1.94. The molecule has 0 atom stereocenters. The molecule has 1 rings (SSSR count). The second kappa shape index (κ2) is 3.72. The summed E-state index contributed by atoms with van der Waals surface area (Å²) in [6, 6.07) is 0. The van der Waals surface area contributed by atoms with Crippen LogP contribution in [0, 0.1) is 5.41 Å². The molecule has 1 aliphatic heterocycles. The quantitative estimate of drug-likeness (QED) is 0.649. The van der Waals surface area contributed by atoms with Gasteiger partial charge < -0.3 is 9.84 Å². The lowest BCUT2D eigenvalue weighted by atomic mass is 9.80. The van der Waals surface area contributed by atoms with Crippen molar-refractivity contribution in [3.05, 3.63) is 12.2 Å². The number of rotatable bonds is 4. The predicted molar refractivity (Wildman–Crippen MR) is 44.9 cm³/mol. The van der Waals surface area contributed by atoms with Crippen molar-refractivity contribution in [1.82, 2.24) is 0 Å². The van der Waals surface area contributed by atoms with E-state index in [2.05, 4.69) is 6.92 Å². The number of allylic oxidation sites excluding steroid dienone is 1. The number of aliphatic carboxylic acids is 1. The highest BCUT2D eigenvalue weighted by atomic mass is 16.5. The molecule has 0 spiro atoms. The van der Waals surface area contributed by atoms with E-state index in [1.807, 2.05) is 0 Å². The van der Waals surface area contributed by atoms with Crippen molar-refractivity contribution in [2.45, 2.75) is 19.8 Å². The summed E-state index contributed by atoms with van der Waals surface area (Å²) in [5, 5.41) is 8.36. The van der Waals surface area contributed by atoms with Gasteiger partial charge in [-0.25, -0.2) is 4.79 Å². The topological polar surface area (TPSA) is 46.5 Å². The molecular weight excluding hydrogens is 156 g/mol. The molecular formula is C9H14O3. The van der Waals surface area contributed by atoms with Gasteiger partial charge in [-0.3, -0.25) is 0 Å². The Labute approximate surface area is 72.0 Å². The first-order valence-corrected chi connectivity index (χ1v) is 4.16. The Balaban J connectivity index is 2.34. The summed E-state index contributed by atoms with van der Waals surface area (Å²) in [6.45, 7) is 3.65. The van der Waals surface area contributed by atoms with Gasteiger partial charge in [0.05, 0.1) is 13.2 Å². The van der Waals surface area contributed by atoms with E-state index < -0.39 is 5.97 Å². The van der Waals surface area contributed by atoms with Crippen LogP contribution in [-0.2, 0) is 9.53 Å². The molecule has 0 aromatic heterocycles. The number of hydrogen-bond donors (Lipinski definition) is 1. The van der Waals surface area contributed by atoms with Crippen LogP contribution in [0.1, 0.15) is 19.8 Å². The van der Waals surface area contributed by atoms with Crippen LogP contribution >= 0.6 is 0 Å². The average molecular weight is 170 g/mol. The Morgan fingerprint density at radius 3 is 2.67 bits per heavy atom. The van der Waals surface area contributed by atoms with E-state index in [4.69, 9.17) is 9.84 Å². The molecule has 0 aromatic carbocycles. The molecule has 0 aromatic rings. The monoisotopic (exact) mass is 170 g/mol. The van der Waals surface area contributed by atoms with Crippen LogP contribution in [0.4, 0.5) is 0 Å². The van der Waals surface area contributed by atoms with E-state index in [0.29, 0.717) is 0 Å². The van der Waals surface area contributed by atoms with Gasteiger partial charge in [0.1, 0.15) is 0 Å². The Bertz CT molecular complexity index is 186. The van der Waals surface area contributed by atoms with E-state index in [-0.39, 0.29) is 5.41 Å². The summed E-state index contributed by atoms with van der Waals surface area (Å²) >= 11 is 0. The van der Waals surface area contributed by atoms with Crippen molar-refractivity contribution in [1.29, 1.82) is 0 Å². The zero-order valence-electron chi connectivity index (χ0n) is 7.25. The van der Waals surface area contributed by atoms with Crippen molar-refractivity contribution in [3.8, 4) is 0 Å². The lowest BCUT2D eigenvalue weighted by Gasteiger charge is -2.40. The Morgan fingerprint density at radius 1 is 1.67 bits per heavy atom. The standard InChI is InChI=1S/C9H14O3/c1-2-9(6-12-7-9)5-3-4-8(10)11/h3-4H,2,5-7H2,1H3,(H,10,11). The van der Waals surface area contributed by atoms with Crippen molar-refractivity contribution in [2.75, 3.05) is 13.2 Å². The van der Waals surface area contributed by atoms with Gasteiger partial charge in [-0.2, -0.15) is 0 Å². The van der Waals surface area contributed by atoms with E-state index in [9.17, 15) is 4.79 Å². The van der Waals surface area contributed by atoms with E-state index in [1.165, 1.54) is 6.08 Å². The number of carboxylic acids is 1. The zero-order chi connectivity index (χ0) is 9.03. The third-order valence-corrected chi connectivity index (χ3v) is 2.38. The molecule has 0 bridgehead atoms. The Morgan fingerprint density at radius 2 is 2.33 bits per heavy atom. The van der Waals surface area contributed by atoms with E-state index in [1.54, 1.807) is 6.08 Å². The summed E-state index contributed by atoms with van der Waals surface area (Å²) in [7, 11) is 0. The van der Waals surface area contributed by atoms with Gasteiger partial charge in [-0.05, 0) is 12.8 Å². The van der Waals surface area contributed by atoms with E-state index >= 15 is 0 Å². The second-order valence-corrected chi connectivity index (χ2v) is 3.29. The molecule has 0 aliphatic carbocycles. The van der Waals surface area contributed by atoms with Gasteiger partial charge in [-0.1, -0.05) is 13.0 Å². The number of hydrogen-bond acceptors (Lipinski definition) is 2. The summed E-state index contributed by atoms with van der Waals surface area (Å²) in [5.41, 5.74) is 0.228. The molecule has 1 saturated heterocycles. The maximum Gasteiger partial charge on any atom is 0.327 e. The SMILES string of the molecule is CCC1(CC=CC(=O)O)COC1. The minimum Gasteiger partial charge on any atom is -0.478 e. The molecule has 1 heterocycles. The second-order valence-electron chi connectivity index (χ2n) is 3.29. The predicted octanol–water partition coefficient (Wildman–Crippen LogP) is 1.44. The third kappa shape index (κ3) is 2.08. The van der Waals surface area contributed by atoms with Crippen LogP contribution in [0.25, 0.3) is 0 Å². The third-order valence-electron chi connectivity index (χ3n) is 2.38. The highest BCUT2D eigenvalue weighted by Gasteiger charge is 2.35. The molecule has 12 heavy (non-hydrogen) atoms. The lowest BCUT2D eigenvalue weighted by molar-refractivity contribution is -0.131. The van der Waals surface area contributed by atoms with Gasteiger partial charge in [0, 0.05) is 11.5 Å². The zero-order valence-corrected chi connectivity index (χ0v) is 7.25. The molecule has 0 radical (unpaired) electrons. The van der Waals surface area contributed by atoms with Gasteiger partial charge >= 0.3 is 5.97 Å². The number of ether oxygens (including phenoxy) is 1. The maximum absolute atomic E-state index is 10.2. The van der Waals surface area contributed by atoms with Gasteiger partial charge in [0.15, 0.2) is 0 Å². The molecule has 0 amide bonds. The van der Waals surface area contributed by atoms with Gasteiger partial charge in [0.2, 0.25) is 0 Å². The first-order valence-electron chi connectivity index (χ1n) is 4.16. The fourth-order valence-corrected chi connectivity index (χ4v) is 1.27. The summed E-state index contributed by atoms with van der Waals surface area (Å²) in [5.74, 6) is -0.874. The van der Waals surface area contributed by atoms with Crippen LogP contribution in [0.15, 0.2) is 12.2 Å². The first-order chi connectivity index (χ1) is 5.68.